The van der Waals surface area contributed by atoms with Gasteiger partial charge in [-0.15, -0.1) is 0 Å². The molecule has 0 fully saturated rings. The normalized spacial score (nSPS) is 16.0. The van der Waals surface area contributed by atoms with Crippen LogP contribution in [0.1, 0.15) is 11.1 Å². The van der Waals surface area contributed by atoms with Crippen molar-refractivity contribution >= 4 is 45.5 Å². The van der Waals surface area contributed by atoms with Crippen molar-refractivity contribution in [2.45, 2.75) is 0 Å². The van der Waals surface area contributed by atoms with E-state index in [4.69, 9.17) is 16.3 Å². The number of halogens is 2. The predicted octanol–water partition coefficient (Wildman–Crippen LogP) is 4.45. The number of ether oxygens (including phenoxy) is 1. The van der Waals surface area contributed by atoms with Crippen LogP contribution in [-0.2, 0) is 9.53 Å². The molecule has 5 heteroatoms. The van der Waals surface area contributed by atoms with Crippen molar-refractivity contribution in [3.8, 4) is 0 Å². The Bertz CT molecular complexity index is 783. The Balaban J connectivity index is 1.98. The molecule has 1 aliphatic heterocycles. The minimum atomic E-state index is -0.482. The summed E-state index contributed by atoms with van der Waals surface area (Å²) in [6.07, 6.45) is 1.62. The van der Waals surface area contributed by atoms with Crippen molar-refractivity contribution in [3.05, 3.63) is 74.9 Å². The van der Waals surface area contributed by atoms with E-state index in [0.717, 1.165) is 15.6 Å². The van der Waals surface area contributed by atoms with Crippen molar-refractivity contribution in [1.82, 2.24) is 0 Å². The molecule has 0 saturated carbocycles. The summed E-state index contributed by atoms with van der Waals surface area (Å²) in [7, 11) is 0. The summed E-state index contributed by atoms with van der Waals surface area (Å²) in [5.74, 6) is -0.190. The minimum Gasteiger partial charge on any atom is -0.402 e. The van der Waals surface area contributed by atoms with Crippen LogP contribution < -0.4 is 0 Å². The van der Waals surface area contributed by atoms with Gasteiger partial charge in [-0.1, -0.05) is 51.8 Å². The maximum Gasteiger partial charge on any atom is 0.363 e. The van der Waals surface area contributed by atoms with Crippen molar-refractivity contribution in [1.29, 1.82) is 0 Å². The van der Waals surface area contributed by atoms with Crippen LogP contribution in [0, 0.1) is 0 Å². The molecule has 0 unspecified atom stereocenters. The minimum absolute atomic E-state index is 0.234. The third-order valence-corrected chi connectivity index (χ3v) is 3.73. The lowest BCUT2D eigenvalue weighted by Gasteiger charge is -1.99. The van der Waals surface area contributed by atoms with E-state index in [1.807, 2.05) is 42.5 Å². The average Bonchev–Trinajstić information content (AvgIpc) is 2.83. The largest absolute Gasteiger partial charge is 0.402 e. The summed E-state index contributed by atoms with van der Waals surface area (Å²) in [6, 6.07) is 14.7. The lowest BCUT2D eigenvalue weighted by molar-refractivity contribution is -0.129. The van der Waals surface area contributed by atoms with Crippen LogP contribution in [0.2, 0.25) is 5.02 Å². The fourth-order valence-electron chi connectivity index (χ4n) is 1.89. The highest BCUT2D eigenvalue weighted by Crippen LogP contribution is 2.23. The molecule has 104 valence electrons. The molecule has 1 aliphatic rings. The topological polar surface area (TPSA) is 38.7 Å². The molecule has 1 heterocycles. The fraction of sp³-hybridized carbons (Fsp3) is 0. The number of esters is 1. The lowest BCUT2D eigenvalue weighted by atomic mass is 10.2. The first-order valence-electron chi connectivity index (χ1n) is 6.16. The van der Waals surface area contributed by atoms with E-state index in [0.29, 0.717) is 10.9 Å². The second kappa shape index (κ2) is 5.84. The van der Waals surface area contributed by atoms with Crippen molar-refractivity contribution in [3.63, 3.8) is 0 Å². The molecule has 0 N–H and O–H groups in total. The number of carbonyl (C=O) groups excluding carboxylic acids is 1. The molecule has 3 rings (SSSR count). The highest BCUT2D eigenvalue weighted by atomic mass is 79.9. The zero-order valence-electron chi connectivity index (χ0n) is 10.7. The van der Waals surface area contributed by atoms with Gasteiger partial charge in [-0.3, -0.25) is 0 Å². The van der Waals surface area contributed by atoms with Gasteiger partial charge >= 0.3 is 5.97 Å². The zero-order valence-corrected chi connectivity index (χ0v) is 13.1. The van der Waals surface area contributed by atoms with Crippen LogP contribution >= 0.6 is 27.5 Å². The lowest BCUT2D eigenvalue weighted by Crippen LogP contribution is -2.05. The highest BCUT2D eigenvalue weighted by molar-refractivity contribution is 9.10. The fourth-order valence-corrected chi connectivity index (χ4v) is 2.48. The van der Waals surface area contributed by atoms with Crippen molar-refractivity contribution in [2.24, 2.45) is 4.99 Å². The van der Waals surface area contributed by atoms with E-state index in [1.54, 1.807) is 12.1 Å². The van der Waals surface area contributed by atoms with Crippen LogP contribution in [0.4, 0.5) is 0 Å². The molecule has 0 saturated heterocycles. The maximum atomic E-state index is 11.9. The quantitative estimate of drug-likeness (QED) is 0.585. The third kappa shape index (κ3) is 3.06. The van der Waals surface area contributed by atoms with E-state index < -0.39 is 5.97 Å². The van der Waals surface area contributed by atoms with Gasteiger partial charge in [0.1, 0.15) is 0 Å². The Hall–Kier alpha value is -1.91. The molecule has 2 aromatic carbocycles. The number of hydrogen-bond acceptors (Lipinski definition) is 3. The van der Waals surface area contributed by atoms with E-state index in [9.17, 15) is 4.79 Å². The third-order valence-electron chi connectivity index (χ3n) is 2.89. The molecular formula is C16H9BrClNO2. The molecule has 0 bridgehead atoms. The van der Waals surface area contributed by atoms with Crippen LogP contribution in [0.5, 0.6) is 0 Å². The first-order valence-corrected chi connectivity index (χ1v) is 7.33. The van der Waals surface area contributed by atoms with Crippen molar-refractivity contribution in [2.75, 3.05) is 0 Å². The van der Waals surface area contributed by atoms with Gasteiger partial charge in [0, 0.05) is 15.1 Å². The van der Waals surface area contributed by atoms with Crippen LogP contribution in [-0.4, -0.2) is 11.9 Å². The van der Waals surface area contributed by atoms with E-state index in [2.05, 4.69) is 20.9 Å². The molecule has 0 aromatic heterocycles. The molecule has 0 radical (unpaired) electrons. The van der Waals surface area contributed by atoms with E-state index in [-0.39, 0.29) is 5.70 Å². The number of aliphatic imine (C=N–C) groups is 1. The molecular weight excluding hydrogens is 354 g/mol. The summed E-state index contributed by atoms with van der Waals surface area (Å²) >= 11 is 9.45. The van der Waals surface area contributed by atoms with E-state index in [1.165, 1.54) is 0 Å². The van der Waals surface area contributed by atoms with Gasteiger partial charge in [0.2, 0.25) is 5.90 Å². The van der Waals surface area contributed by atoms with E-state index >= 15 is 0 Å². The van der Waals surface area contributed by atoms with Gasteiger partial charge in [-0.25, -0.2) is 9.79 Å². The Morgan fingerprint density at radius 1 is 1.14 bits per heavy atom. The summed E-state index contributed by atoms with van der Waals surface area (Å²) < 4.78 is 6.10. The smallest absolute Gasteiger partial charge is 0.363 e. The van der Waals surface area contributed by atoms with Crippen LogP contribution in [0.3, 0.4) is 0 Å². The molecule has 21 heavy (non-hydrogen) atoms. The van der Waals surface area contributed by atoms with Gasteiger partial charge in [0.15, 0.2) is 5.70 Å². The van der Waals surface area contributed by atoms with Crippen LogP contribution in [0.25, 0.3) is 6.08 Å². The van der Waals surface area contributed by atoms with Gasteiger partial charge in [-0.05, 0) is 35.9 Å². The van der Waals surface area contributed by atoms with Gasteiger partial charge < -0.3 is 4.74 Å². The number of carbonyl (C=O) groups is 1. The zero-order chi connectivity index (χ0) is 14.8. The molecule has 0 aliphatic carbocycles. The number of nitrogens with zero attached hydrogens (tertiary/aromatic N) is 1. The molecule has 0 amide bonds. The molecule has 0 spiro atoms. The summed E-state index contributed by atoms with van der Waals surface area (Å²) in [5, 5.41) is 0.559. The maximum absolute atomic E-state index is 11.9. The Kier molecular flexibility index (Phi) is 3.90. The Morgan fingerprint density at radius 3 is 2.71 bits per heavy atom. The first-order chi connectivity index (χ1) is 10.1. The van der Waals surface area contributed by atoms with Gasteiger partial charge in [0.05, 0.1) is 0 Å². The van der Waals surface area contributed by atoms with Crippen LogP contribution in [0.15, 0.2) is 63.7 Å². The second-order valence-corrected chi connectivity index (χ2v) is 5.69. The summed E-state index contributed by atoms with van der Waals surface area (Å²) in [4.78, 5) is 16.1. The number of rotatable bonds is 2. The standard InChI is InChI=1S/C16H9BrClNO2/c17-12-6-3-5-11(8-12)15-19-14(16(20)21-15)9-10-4-1-2-7-13(10)18/h1-9H/b14-9-. The predicted molar refractivity (Wildman–Crippen MR) is 86.2 cm³/mol. The second-order valence-electron chi connectivity index (χ2n) is 4.37. The van der Waals surface area contributed by atoms with Crippen molar-refractivity contribution < 1.29 is 9.53 Å². The number of hydrogen-bond donors (Lipinski definition) is 0. The Morgan fingerprint density at radius 2 is 1.95 bits per heavy atom. The first kappa shape index (κ1) is 14.0. The number of benzene rings is 2. The summed E-state index contributed by atoms with van der Waals surface area (Å²) in [5.41, 5.74) is 1.70. The van der Waals surface area contributed by atoms with Gasteiger partial charge in [-0.2, -0.15) is 0 Å². The molecule has 3 nitrogen and oxygen atoms in total. The van der Waals surface area contributed by atoms with Gasteiger partial charge in [0.25, 0.3) is 0 Å². The SMILES string of the molecule is O=C1OC(c2cccc(Br)c2)=N/C1=C\c1ccccc1Cl. The summed E-state index contributed by atoms with van der Waals surface area (Å²) in [6.45, 7) is 0. The Labute approximate surface area is 135 Å². The number of cyclic esters (lactones) is 1. The average molecular weight is 363 g/mol. The monoisotopic (exact) mass is 361 g/mol. The molecule has 2 aromatic rings. The highest BCUT2D eigenvalue weighted by Gasteiger charge is 2.24. The molecule has 0 atom stereocenters.